The highest BCUT2D eigenvalue weighted by molar-refractivity contribution is 6.20. The van der Waals surface area contributed by atoms with Gasteiger partial charge in [-0.3, -0.25) is 5.41 Å². The van der Waals surface area contributed by atoms with Crippen molar-refractivity contribution >= 4 is 17.8 Å². The number of esters is 1. The molecule has 1 aromatic rings. The lowest BCUT2D eigenvalue weighted by Gasteiger charge is -2.33. The van der Waals surface area contributed by atoms with Crippen LogP contribution in [0.5, 0.6) is 0 Å². The summed E-state index contributed by atoms with van der Waals surface area (Å²) in [5, 5.41) is 9.98. The van der Waals surface area contributed by atoms with Crippen molar-refractivity contribution in [2.75, 3.05) is 19.7 Å². The molecule has 0 aliphatic carbocycles. The number of piperidine rings is 1. The smallest absolute Gasteiger partial charge is 0.433 e. The summed E-state index contributed by atoms with van der Waals surface area (Å²) in [6.07, 6.45) is -2.87. The van der Waals surface area contributed by atoms with Gasteiger partial charge in [-0.05, 0) is 57.6 Å². The number of halogens is 3. The predicted octanol–water partition coefficient (Wildman–Crippen LogP) is 4.92. The van der Waals surface area contributed by atoms with E-state index < -0.39 is 29.0 Å². The maximum atomic E-state index is 12.9. The molecule has 34 heavy (non-hydrogen) atoms. The molecular weight excluding hydrogens is 451 g/mol. The van der Waals surface area contributed by atoms with Gasteiger partial charge in [0, 0.05) is 25.8 Å². The van der Waals surface area contributed by atoms with E-state index in [1.54, 1.807) is 4.90 Å². The van der Waals surface area contributed by atoms with Gasteiger partial charge >= 0.3 is 18.2 Å². The maximum Gasteiger partial charge on any atom is 0.433 e. The molecule has 1 fully saturated rings. The van der Waals surface area contributed by atoms with Gasteiger partial charge < -0.3 is 19.7 Å². The zero-order valence-corrected chi connectivity index (χ0v) is 19.9. The second kappa shape index (κ2) is 11.4. The number of alkyl halides is 3. The van der Waals surface area contributed by atoms with Crippen molar-refractivity contribution in [1.29, 1.82) is 5.41 Å². The Morgan fingerprint density at radius 1 is 1.21 bits per heavy atom. The summed E-state index contributed by atoms with van der Waals surface area (Å²) in [5.74, 6) is -0.967. The molecule has 7 nitrogen and oxygen atoms in total. The van der Waals surface area contributed by atoms with Crippen molar-refractivity contribution in [3.63, 3.8) is 0 Å². The average Bonchev–Trinajstić information content (AvgIpc) is 2.75. The van der Waals surface area contributed by atoms with E-state index in [2.05, 4.69) is 10.1 Å². The zero-order chi connectivity index (χ0) is 25.5. The van der Waals surface area contributed by atoms with Gasteiger partial charge in [-0.2, -0.15) is 13.2 Å². The minimum absolute atomic E-state index is 0.101. The van der Waals surface area contributed by atoms with E-state index in [0.717, 1.165) is 30.2 Å². The number of hydrogen-bond acceptors (Lipinski definition) is 6. The molecule has 0 aromatic heterocycles. The Kier molecular flexibility index (Phi) is 9.12. The molecule has 0 unspecified atom stereocenters. The van der Waals surface area contributed by atoms with Crippen LogP contribution in [0.25, 0.3) is 0 Å². The van der Waals surface area contributed by atoms with E-state index in [4.69, 9.17) is 10.1 Å². The van der Waals surface area contributed by atoms with E-state index in [9.17, 15) is 22.8 Å². The number of nitrogens with zero attached hydrogens (tertiary/aromatic N) is 1. The van der Waals surface area contributed by atoms with Crippen LogP contribution < -0.4 is 5.32 Å². The molecule has 10 heteroatoms. The fourth-order valence-electron chi connectivity index (χ4n) is 3.54. The first-order valence-corrected chi connectivity index (χ1v) is 11.2. The highest BCUT2D eigenvalue weighted by Crippen LogP contribution is 2.29. The molecular formula is C24H32F3N3O4. The second-order valence-electron chi connectivity index (χ2n) is 9.02. The van der Waals surface area contributed by atoms with Crippen LogP contribution in [0.4, 0.5) is 18.0 Å². The first kappa shape index (κ1) is 27.2. The molecule has 188 valence electrons. The Morgan fingerprint density at radius 3 is 2.41 bits per heavy atom. The second-order valence-corrected chi connectivity index (χ2v) is 9.02. The molecule has 1 saturated heterocycles. The van der Waals surface area contributed by atoms with Crippen LogP contribution >= 0.6 is 0 Å². The fourth-order valence-corrected chi connectivity index (χ4v) is 3.54. The summed E-state index contributed by atoms with van der Waals surface area (Å²) < 4.78 is 48.9. The monoisotopic (exact) mass is 483 g/mol. The lowest BCUT2D eigenvalue weighted by atomic mass is 9.88. The van der Waals surface area contributed by atoms with Gasteiger partial charge in [0.1, 0.15) is 11.2 Å². The van der Waals surface area contributed by atoms with Gasteiger partial charge in [-0.25, -0.2) is 9.59 Å². The molecule has 2 rings (SSSR count). The van der Waals surface area contributed by atoms with Crippen molar-refractivity contribution in [2.24, 2.45) is 0 Å². The zero-order valence-electron chi connectivity index (χ0n) is 19.9. The third kappa shape index (κ3) is 8.07. The maximum absolute atomic E-state index is 12.9. The van der Waals surface area contributed by atoms with Gasteiger partial charge in [0.15, 0.2) is 5.71 Å². The Labute approximate surface area is 197 Å². The van der Waals surface area contributed by atoms with Crippen molar-refractivity contribution in [3.05, 3.63) is 47.2 Å². The molecule has 1 aromatic carbocycles. The molecule has 1 amide bonds. The lowest BCUT2D eigenvalue weighted by molar-refractivity contribution is -0.138. The SMILES string of the molecule is CCOC(=O)/C(=C/NCc1cccc(C2CCN(C(=O)OC(C)(C)C)CC2)c1)C(=N)C(F)(F)F. The fraction of sp³-hybridized carbons (Fsp3) is 0.542. The lowest BCUT2D eigenvalue weighted by Crippen LogP contribution is -2.41. The van der Waals surface area contributed by atoms with Crippen molar-refractivity contribution in [3.8, 4) is 0 Å². The number of ether oxygens (including phenoxy) is 2. The van der Waals surface area contributed by atoms with E-state index in [-0.39, 0.29) is 25.2 Å². The molecule has 1 aliphatic heterocycles. The number of benzene rings is 1. The molecule has 0 radical (unpaired) electrons. The number of rotatable bonds is 7. The summed E-state index contributed by atoms with van der Waals surface area (Å²) in [6.45, 7) is 8.18. The molecule has 0 atom stereocenters. The van der Waals surface area contributed by atoms with Crippen LogP contribution in [-0.2, 0) is 20.8 Å². The van der Waals surface area contributed by atoms with Crippen LogP contribution in [0.15, 0.2) is 36.0 Å². The van der Waals surface area contributed by atoms with E-state index >= 15 is 0 Å². The molecule has 0 spiro atoms. The van der Waals surface area contributed by atoms with Gasteiger partial charge in [-0.15, -0.1) is 0 Å². The molecule has 2 N–H and O–H groups in total. The summed E-state index contributed by atoms with van der Waals surface area (Å²) in [5.41, 5.74) is -1.30. The van der Waals surface area contributed by atoms with Gasteiger partial charge in [-0.1, -0.05) is 24.3 Å². The van der Waals surface area contributed by atoms with Crippen LogP contribution in [-0.4, -0.2) is 54.1 Å². The molecule has 0 bridgehead atoms. The summed E-state index contributed by atoms with van der Waals surface area (Å²) in [7, 11) is 0. The largest absolute Gasteiger partial charge is 0.462 e. The Hall–Kier alpha value is -3.04. The van der Waals surface area contributed by atoms with Gasteiger partial charge in [0.25, 0.3) is 0 Å². The van der Waals surface area contributed by atoms with Crippen molar-refractivity contribution in [2.45, 2.75) is 64.8 Å². The van der Waals surface area contributed by atoms with Crippen LogP contribution in [0.2, 0.25) is 0 Å². The third-order valence-corrected chi connectivity index (χ3v) is 5.17. The van der Waals surface area contributed by atoms with E-state index in [1.165, 1.54) is 6.92 Å². The van der Waals surface area contributed by atoms with Crippen molar-refractivity contribution in [1.82, 2.24) is 10.2 Å². The summed E-state index contributed by atoms with van der Waals surface area (Å²) >= 11 is 0. The van der Waals surface area contributed by atoms with Gasteiger partial charge in [0.2, 0.25) is 0 Å². The standard InChI is InChI=1S/C24H32F3N3O4/c1-5-33-21(31)19(20(28)24(25,26)27)15-29-14-16-7-6-8-18(13-16)17-9-11-30(12-10-17)22(32)34-23(2,3)4/h6-8,13,15,17,28-29H,5,9-12,14H2,1-4H3/b19-15+,28-20?. The number of hydrogen-bond donors (Lipinski definition) is 2. The van der Waals surface area contributed by atoms with Crippen LogP contribution in [0, 0.1) is 5.41 Å². The average molecular weight is 484 g/mol. The van der Waals surface area contributed by atoms with Crippen LogP contribution in [0.1, 0.15) is 57.6 Å². The van der Waals surface area contributed by atoms with E-state index in [1.807, 2.05) is 45.0 Å². The van der Waals surface area contributed by atoms with Crippen LogP contribution in [0.3, 0.4) is 0 Å². The summed E-state index contributed by atoms with van der Waals surface area (Å²) in [4.78, 5) is 25.8. The van der Waals surface area contributed by atoms with Crippen molar-refractivity contribution < 1.29 is 32.2 Å². The Bertz CT molecular complexity index is 915. The highest BCUT2D eigenvalue weighted by Gasteiger charge is 2.39. The first-order chi connectivity index (χ1) is 15.8. The molecule has 1 heterocycles. The molecule has 0 saturated carbocycles. The number of carbonyl (C=O) groups is 2. The highest BCUT2D eigenvalue weighted by atomic mass is 19.4. The number of carbonyl (C=O) groups excluding carboxylic acids is 2. The van der Waals surface area contributed by atoms with E-state index in [0.29, 0.717) is 13.1 Å². The normalized spacial score (nSPS) is 15.6. The number of amides is 1. The predicted molar refractivity (Wildman–Crippen MR) is 122 cm³/mol. The number of likely N-dealkylation sites (tertiary alicyclic amines) is 1. The third-order valence-electron chi connectivity index (χ3n) is 5.17. The number of nitrogens with one attached hydrogen (secondary N) is 2. The molecule has 1 aliphatic rings. The minimum atomic E-state index is -4.96. The topological polar surface area (TPSA) is 91.7 Å². The Balaban J connectivity index is 2.01. The quantitative estimate of drug-likeness (QED) is 0.326. The minimum Gasteiger partial charge on any atom is -0.462 e. The first-order valence-electron chi connectivity index (χ1n) is 11.2. The summed E-state index contributed by atoms with van der Waals surface area (Å²) in [6, 6.07) is 7.61. The van der Waals surface area contributed by atoms with Gasteiger partial charge in [0.05, 0.1) is 6.61 Å². The Morgan fingerprint density at radius 2 is 1.85 bits per heavy atom.